The Hall–Kier alpha value is -2.17. The second kappa shape index (κ2) is 7.38. The molecule has 1 amide bonds. The summed E-state index contributed by atoms with van der Waals surface area (Å²) in [5, 5.41) is 6.90. The Morgan fingerprint density at radius 2 is 1.92 bits per heavy atom. The Kier molecular flexibility index (Phi) is 4.81. The molecule has 2 heterocycles. The van der Waals surface area contributed by atoms with E-state index in [1.807, 2.05) is 12.1 Å². The van der Waals surface area contributed by atoms with Crippen LogP contribution in [0.5, 0.6) is 0 Å². The zero-order valence-electron chi connectivity index (χ0n) is 14.5. The average Bonchev–Trinajstić information content (AvgIpc) is 2.99. The van der Waals surface area contributed by atoms with Crippen molar-refractivity contribution in [1.29, 1.82) is 0 Å². The number of rotatable bonds is 5. The highest BCUT2D eigenvalue weighted by molar-refractivity contribution is 5.98. The third kappa shape index (κ3) is 3.60. The molecule has 2 N–H and O–H groups in total. The first-order chi connectivity index (χ1) is 12.3. The van der Waals surface area contributed by atoms with E-state index in [4.69, 9.17) is 0 Å². The maximum atomic E-state index is 12.7. The van der Waals surface area contributed by atoms with Crippen LogP contribution in [0.4, 0.5) is 0 Å². The first-order valence-electron chi connectivity index (χ1n) is 9.19. The Morgan fingerprint density at radius 1 is 1.08 bits per heavy atom. The third-order valence-corrected chi connectivity index (χ3v) is 5.21. The predicted molar refractivity (Wildman–Crippen MR) is 99.2 cm³/mol. The standard InChI is InChI=1S/C21H25N3O/c25-21-20-9-8-17(13-23-12-16-5-2-1-3-6-16)11-18(20)15-24(21)19-7-4-10-22-14-19/h1-3,5-6,8-9,11,19,22-23H,4,7,10,12-15H2. The van der Waals surface area contributed by atoms with Crippen molar-refractivity contribution in [3.63, 3.8) is 0 Å². The SMILES string of the molecule is O=C1c2ccc(CNCc3ccccc3)cc2CN1C1CCCNC1. The van der Waals surface area contributed by atoms with Gasteiger partial charge in [-0.1, -0.05) is 42.5 Å². The summed E-state index contributed by atoms with van der Waals surface area (Å²) in [7, 11) is 0. The van der Waals surface area contributed by atoms with Gasteiger partial charge in [0.25, 0.3) is 5.91 Å². The van der Waals surface area contributed by atoms with Crippen LogP contribution in [0.1, 0.15) is 39.9 Å². The molecule has 4 heteroatoms. The fourth-order valence-corrected chi connectivity index (χ4v) is 3.85. The van der Waals surface area contributed by atoms with Gasteiger partial charge in [-0.25, -0.2) is 0 Å². The van der Waals surface area contributed by atoms with Crippen LogP contribution in [0.2, 0.25) is 0 Å². The van der Waals surface area contributed by atoms with E-state index in [0.717, 1.165) is 51.1 Å². The molecule has 25 heavy (non-hydrogen) atoms. The van der Waals surface area contributed by atoms with E-state index in [9.17, 15) is 4.79 Å². The molecule has 4 nitrogen and oxygen atoms in total. The molecule has 1 fully saturated rings. The van der Waals surface area contributed by atoms with Crippen molar-refractivity contribution in [2.75, 3.05) is 13.1 Å². The van der Waals surface area contributed by atoms with Crippen molar-refractivity contribution in [3.05, 3.63) is 70.8 Å². The van der Waals surface area contributed by atoms with E-state index >= 15 is 0 Å². The van der Waals surface area contributed by atoms with Crippen molar-refractivity contribution in [2.24, 2.45) is 0 Å². The summed E-state index contributed by atoms with van der Waals surface area (Å²) in [5.41, 5.74) is 4.59. The van der Waals surface area contributed by atoms with Gasteiger partial charge in [-0.2, -0.15) is 0 Å². The van der Waals surface area contributed by atoms with Gasteiger partial charge in [0.05, 0.1) is 0 Å². The fraction of sp³-hybridized carbons (Fsp3) is 0.381. The summed E-state index contributed by atoms with van der Waals surface area (Å²) in [4.78, 5) is 14.7. The predicted octanol–water partition coefficient (Wildman–Crippen LogP) is 2.68. The number of benzene rings is 2. The summed E-state index contributed by atoms with van der Waals surface area (Å²) in [6.45, 7) is 4.43. The molecule has 0 spiro atoms. The van der Waals surface area contributed by atoms with Gasteiger partial charge < -0.3 is 15.5 Å². The van der Waals surface area contributed by atoms with Gasteiger partial charge >= 0.3 is 0 Å². The van der Waals surface area contributed by atoms with Crippen molar-refractivity contribution in [3.8, 4) is 0 Å². The number of carbonyl (C=O) groups excluding carboxylic acids is 1. The first-order valence-corrected chi connectivity index (χ1v) is 9.19. The highest BCUT2D eigenvalue weighted by Crippen LogP contribution is 2.27. The maximum absolute atomic E-state index is 12.7. The lowest BCUT2D eigenvalue weighted by molar-refractivity contribution is 0.0674. The van der Waals surface area contributed by atoms with E-state index < -0.39 is 0 Å². The van der Waals surface area contributed by atoms with E-state index in [-0.39, 0.29) is 5.91 Å². The molecule has 0 aliphatic carbocycles. The number of fused-ring (bicyclic) bond motifs is 1. The Morgan fingerprint density at radius 3 is 2.72 bits per heavy atom. The second-order valence-corrected chi connectivity index (χ2v) is 7.01. The number of amides is 1. The van der Waals surface area contributed by atoms with Gasteiger partial charge in [0.2, 0.25) is 0 Å². The quantitative estimate of drug-likeness (QED) is 0.883. The number of hydrogen-bond donors (Lipinski definition) is 2. The molecule has 0 bridgehead atoms. The summed E-state index contributed by atoms with van der Waals surface area (Å²) < 4.78 is 0. The summed E-state index contributed by atoms with van der Waals surface area (Å²) >= 11 is 0. The molecule has 1 unspecified atom stereocenters. The maximum Gasteiger partial charge on any atom is 0.254 e. The normalized spacial score (nSPS) is 19.9. The third-order valence-electron chi connectivity index (χ3n) is 5.21. The monoisotopic (exact) mass is 335 g/mol. The van der Waals surface area contributed by atoms with Crippen LogP contribution in [-0.2, 0) is 19.6 Å². The van der Waals surface area contributed by atoms with Crippen LogP contribution >= 0.6 is 0 Å². The van der Waals surface area contributed by atoms with Gasteiger partial charge in [0.1, 0.15) is 0 Å². The summed E-state index contributed by atoms with van der Waals surface area (Å²) in [5.74, 6) is 0.201. The van der Waals surface area contributed by atoms with Crippen LogP contribution in [0.25, 0.3) is 0 Å². The topological polar surface area (TPSA) is 44.4 Å². The Balaban J connectivity index is 1.39. The molecule has 4 rings (SSSR count). The van der Waals surface area contributed by atoms with Gasteiger partial charge in [0.15, 0.2) is 0 Å². The largest absolute Gasteiger partial charge is 0.330 e. The van der Waals surface area contributed by atoms with Crippen LogP contribution < -0.4 is 10.6 Å². The zero-order chi connectivity index (χ0) is 17.1. The fourth-order valence-electron chi connectivity index (χ4n) is 3.85. The highest BCUT2D eigenvalue weighted by Gasteiger charge is 2.33. The summed E-state index contributed by atoms with van der Waals surface area (Å²) in [6.07, 6.45) is 2.26. The van der Waals surface area contributed by atoms with Gasteiger partial charge in [-0.3, -0.25) is 4.79 Å². The van der Waals surface area contributed by atoms with Gasteiger partial charge in [0, 0.05) is 37.8 Å². The number of nitrogens with one attached hydrogen (secondary N) is 2. The molecule has 1 saturated heterocycles. The number of nitrogens with zero attached hydrogens (tertiary/aromatic N) is 1. The van der Waals surface area contributed by atoms with Crippen molar-refractivity contribution in [1.82, 2.24) is 15.5 Å². The molecule has 2 aliphatic heterocycles. The van der Waals surface area contributed by atoms with Crippen LogP contribution in [0, 0.1) is 0 Å². The molecule has 0 radical (unpaired) electrons. The second-order valence-electron chi connectivity index (χ2n) is 7.01. The van der Waals surface area contributed by atoms with E-state index in [1.165, 1.54) is 16.7 Å². The number of hydrogen-bond acceptors (Lipinski definition) is 3. The molecule has 0 saturated carbocycles. The van der Waals surface area contributed by atoms with Crippen LogP contribution in [-0.4, -0.2) is 29.9 Å². The van der Waals surface area contributed by atoms with Gasteiger partial charge in [-0.05, 0) is 42.1 Å². The smallest absolute Gasteiger partial charge is 0.254 e. The minimum absolute atomic E-state index is 0.201. The molecule has 2 aromatic carbocycles. The van der Waals surface area contributed by atoms with Crippen molar-refractivity contribution >= 4 is 5.91 Å². The number of carbonyl (C=O) groups is 1. The molecule has 1 atom stereocenters. The molecule has 2 aliphatic rings. The Labute approximate surface area is 149 Å². The lowest BCUT2D eigenvalue weighted by atomic mass is 10.1. The minimum Gasteiger partial charge on any atom is -0.330 e. The molecule has 0 aromatic heterocycles. The molecule has 130 valence electrons. The van der Waals surface area contributed by atoms with Crippen molar-refractivity contribution in [2.45, 2.75) is 38.5 Å². The summed E-state index contributed by atoms with van der Waals surface area (Å²) in [6, 6.07) is 17.0. The van der Waals surface area contributed by atoms with E-state index in [1.54, 1.807) is 0 Å². The Bertz CT molecular complexity index is 738. The van der Waals surface area contributed by atoms with Crippen LogP contribution in [0.3, 0.4) is 0 Å². The first kappa shape index (κ1) is 16.3. The zero-order valence-corrected chi connectivity index (χ0v) is 14.5. The lowest BCUT2D eigenvalue weighted by Gasteiger charge is -2.31. The van der Waals surface area contributed by atoms with Gasteiger partial charge in [-0.15, -0.1) is 0 Å². The van der Waals surface area contributed by atoms with Crippen LogP contribution in [0.15, 0.2) is 48.5 Å². The van der Waals surface area contributed by atoms with Crippen molar-refractivity contribution < 1.29 is 4.79 Å². The molecular weight excluding hydrogens is 310 g/mol. The lowest BCUT2D eigenvalue weighted by Crippen LogP contribution is -2.46. The molecule has 2 aromatic rings. The number of piperidine rings is 1. The van der Waals surface area contributed by atoms with E-state index in [2.05, 4.69) is 51.9 Å². The highest BCUT2D eigenvalue weighted by atomic mass is 16.2. The van der Waals surface area contributed by atoms with E-state index in [0.29, 0.717) is 6.04 Å². The molecular formula is C21H25N3O. The average molecular weight is 335 g/mol. The minimum atomic E-state index is 0.201.